The molecule has 10 nitrogen and oxygen atoms in total. The Morgan fingerprint density at radius 1 is 0.872 bits per heavy atom. The Morgan fingerprint density at radius 2 is 1.51 bits per heavy atom. The van der Waals surface area contributed by atoms with Crippen LogP contribution in [0.3, 0.4) is 0 Å². The maximum absolute atomic E-state index is 13.0. The van der Waals surface area contributed by atoms with Crippen LogP contribution in [0.15, 0.2) is 18.2 Å². The second-order valence-electron chi connectivity index (χ2n) is 15.6. The van der Waals surface area contributed by atoms with E-state index in [1.165, 1.54) is 14.2 Å². The number of carboxylic acids is 1. The molecule has 262 valence electrons. The van der Waals surface area contributed by atoms with Crippen LogP contribution in [0, 0.1) is 46.3 Å². The quantitative estimate of drug-likeness (QED) is 0.200. The van der Waals surface area contributed by atoms with Crippen molar-refractivity contribution in [2.45, 2.75) is 116 Å². The molecule has 0 saturated heterocycles. The molecule has 11 atom stereocenters. The van der Waals surface area contributed by atoms with Crippen molar-refractivity contribution in [2.75, 3.05) is 19.5 Å². The van der Waals surface area contributed by atoms with Gasteiger partial charge in [-0.2, -0.15) is 0 Å². The molecule has 0 aromatic heterocycles. The highest BCUT2D eigenvalue weighted by Gasteiger charge is 2.62. The van der Waals surface area contributed by atoms with Gasteiger partial charge in [-0.25, -0.2) is 4.79 Å². The van der Waals surface area contributed by atoms with E-state index < -0.39 is 12.0 Å². The molecule has 4 aliphatic carbocycles. The Balaban J connectivity index is 1.13. The van der Waals surface area contributed by atoms with E-state index in [-0.39, 0.29) is 60.0 Å². The number of aliphatic hydroxyl groups is 2. The summed E-state index contributed by atoms with van der Waals surface area (Å²) >= 11 is 0. The van der Waals surface area contributed by atoms with E-state index in [4.69, 9.17) is 9.47 Å². The number of fused-ring (bicyclic) bond motifs is 5. The number of rotatable bonds is 12. The summed E-state index contributed by atoms with van der Waals surface area (Å²) in [6.07, 6.45) is 8.18. The highest BCUT2D eigenvalue weighted by atomic mass is 16.5. The minimum Gasteiger partial charge on any atom is -0.497 e. The first-order valence-electron chi connectivity index (χ1n) is 17.7. The van der Waals surface area contributed by atoms with E-state index in [2.05, 4.69) is 31.4 Å². The first-order chi connectivity index (χ1) is 22.3. The van der Waals surface area contributed by atoms with Crippen molar-refractivity contribution in [1.82, 2.24) is 5.32 Å². The minimum absolute atomic E-state index is 0.0322. The summed E-state index contributed by atoms with van der Waals surface area (Å²) in [4.78, 5) is 37.6. The number of anilines is 1. The van der Waals surface area contributed by atoms with Gasteiger partial charge in [0, 0.05) is 36.7 Å². The highest BCUT2D eigenvalue weighted by Crippen LogP contribution is 2.68. The molecule has 1 aromatic carbocycles. The third-order valence-electron chi connectivity index (χ3n) is 13.2. The lowest BCUT2D eigenvalue weighted by Gasteiger charge is -2.62. The number of hydrogen-bond acceptors (Lipinski definition) is 7. The fraction of sp³-hybridized carbons (Fsp3) is 0.757. The topological polar surface area (TPSA) is 154 Å². The largest absolute Gasteiger partial charge is 0.497 e. The lowest BCUT2D eigenvalue weighted by Crippen LogP contribution is -2.58. The summed E-state index contributed by atoms with van der Waals surface area (Å²) in [6.45, 7) is 7.07. The Hall–Kier alpha value is -2.85. The molecule has 0 aliphatic heterocycles. The molecule has 0 bridgehead atoms. The normalized spacial score (nSPS) is 35.8. The Labute approximate surface area is 279 Å². The van der Waals surface area contributed by atoms with Crippen molar-refractivity contribution in [3.05, 3.63) is 18.2 Å². The monoisotopic (exact) mass is 656 g/mol. The van der Waals surface area contributed by atoms with Crippen LogP contribution in [0.5, 0.6) is 11.5 Å². The van der Waals surface area contributed by atoms with Gasteiger partial charge in [-0.05, 0) is 111 Å². The van der Waals surface area contributed by atoms with Crippen LogP contribution in [-0.4, -0.2) is 65.6 Å². The van der Waals surface area contributed by atoms with Gasteiger partial charge in [-0.3, -0.25) is 9.59 Å². The fourth-order valence-corrected chi connectivity index (χ4v) is 10.6. The number of nitrogens with one attached hydrogen (secondary N) is 2. The molecule has 0 unspecified atom stereocenters. The van der Waals surface area contributed by atoms with Crippen molar-refractivity contribution in [1.29, 1.82) is 0 Å². The number of carboxylic acid groups (broad SMARTS) is 1. The fourth-order valence-electron chi connectivity index (χ4n) is 10.6. The molecule has 4 aliphatic rings. The Bertz CT molecular complexity index is 1280. The van der Waals surface area contributed by atoms with Gasteiger partial charge in [0.2, 0.25) is 11.8 Å². The zero-order valence-electron chi connectivity index (χ0n) is 28.8. The van der Waals surface area contributed by atoms with Crippen LogP contribution in [0.2, 0.25) is 0 Å². The molecule has 2 amide bonds. The molecule has 10 heteroatoms. The van der Waals surface area contributed by atoms with Crippen LogP contribution < -0.4 is 20.1 Å². The number of amides is 2. The number of hydrogen-bond donors (Lipinski definition) is 5. The molecule has 47 heavy (non-hydrogen) atoms. The average molecular weight is 657 g/mol. The van der Waals surface area contributed by atoms with Crippen LogP contribution in [-0.2, 0) is 14.4 Å². The number of aliphatic hydroxyl groups excluding tert-OH is 2. The zero-order valence-corrected chi connectivity index (χ0v) is 28.8. The van der Waals surface area contributed by atoms with E-state index in [1.54, 1.807) is 18.2 Å². The Morgan fingerprint density at radius 3 is 2.17 bits per heavy atom. The molecule has 0 heterocycles. The number of benzene rings is 1. The molecule has 4 fully saturated rings. The summed E-state index contributed by atoms with van der Waals surface area (Å²) in [5.41, 5.74) is 0.771. The second kappa shape index (κ2) is 14.3. The van der Waals surface area contributed by atoms with Gasteiger partial charge >= 0.3 is 5.97 Å². The molecule has 0 spiro atoms. The van der Waals surface area contributed by atoms with E-state index >= 15 is 0 Å². The Kier molecular flexibility index (Phi) is 10.8. The highest BCUT2D eigenvalue weighted by molar-refractivity contribution is 5.92. The van der Waals surface area contributed by atoms with Crippen molar-refractivity contribution >= 4 is 23.5 Å². The van der Waals surface area contributed by atoms with Gasteiger partial charge in [-0.15, -0.1) is 0 Å². The second-order valence-corrected chi connectivity index (χ2v) is 15.6. The van der Waals surface area contributed by atoms with Crippen LogP contribution in [0.4, 0.5) is 5.69 Å². The van der Waals surface area contributed by atoms with Gasteiger partial charge < -0.3 is 35.4 Å². The summed E-state index contributed by atoms with van der Waals surface area (Å²) < 4.78 is 10.5. The van der Waals surface area contributed by atoms with Crippen LogP contribution in [0.25, 0.3) is 0 Å². The maximum Gasteiger partial charge on any atom is 0.326 e. The first-order valence-corrected chi connectivity index (χ1v) is 17.7. The zero-order chi connectivity index (χ0) is 34.1. The molecule has 1 aromatic rings. The van der Waals surface area contributed by atoms with Crippen molar-refractivity contribution in [3.63, 3.8) is 0 Å². The molecule has 0 radical (unpaired) electrons. The van der Waals surface area contributed by atoms with Crippen molar-refractivity contribution in [2.24, 2.45) is 46.3 Å². The number of methoxy groups -OCH3 is 2. The standard InChI is InChI=1S/C37H56N2O8/c1-21(6-10-33(43)39-30(35(44)45)9-11-32(42)38-23-18-25(46-4)20-26(19-23)47-5)27-7-8-28-34-29(13-15-37(27,28)3)36(2)14-12-24(40)16-22(36)17-31(34)41/h18-22,24,27-31,34,40-41H,6-17H2,1-5H3,(H,38,42)(H,39,43)(H,44,45)/t21-,22+,24-,27-,28+,29+,30+,31-,34+,36+,37-/m1/s1. The van der Waals surface area contributed by atoms with E-state index in [0.717, 1.165) is 51.4 Å². The predicted octanol–water partition coefficient (Wildman–Crippen LogP) is 5.40. The summed E-state index contributed by atoms with van der Waals surface area (Å²) in [6, 6.07) is 3.81. The third-order valence-corrected chi connectivity index (χ3v) is 13.2. The molecular weight excluding hydrogens is 600 g/mol. The van der Waals surface area contributed by atoms with Gasteiger partial charge in [0.1, 0.15) is 17.5 Å². The average Bonchev–Trinajstić information content (AvgIpc) is 3.39. The molecule has 4 saturated carbocycles. The lowest BCUT2D eigenvalue weighted by atomic mass is 9.43. The SMILES string of the molecule is COc1cc(NC(=O)CC[C@H](NC(=O)CC[C@@H](C)[C@H]2CC[C@H]3[C@@H]4[C@H](O)C[C@@H]5C[C@H](O)CC[C@]5(C)[C@H]4CC[C@]23C)C(=O)O)cc(OC)c1. The number of aliphatic carboxylic acids is 1. The molecular formula is C37H56N2O8. The van der Waals surface area contributed by atoms with Crippen LogP contribution in [0.1, 0.15) is 97.8 Å². The summed E-state index contributed by atoms with van der Waals surface area (Å²) in [5, 5.41) is 37.1. The van der Waals surface area contributed by atoms with Gasteiger partial charge in [-0.1, -0.05) is 20.8 Å². The lowest BCUT2D eigenvalue weighted by molar-refractivity contribution is -0.174. The van der Waals surface area contributed by atoms with Gasteiger partial charge in [0.05, 0.1) is 26.4 Å². The number of ether oxygens (including phenoxy) is 2. The summed E-state index contributed by atoms with van der Waals surface area (Å²) in [5.74, 6) is 1.55. The number of carbonyl (C=O) groups excluding carboxylic acids is 2. The van der Waals surface area contributed by atoms with E-state index in [1.807, 2.05) is 0 Å². The van der Waals surface area contributed by atoms with E-state index in [0.29, 0.717) is 53.2 Å². The third kappa shape index (κ3) is 7.28. The van der Waals surface area contributed by atoms with Crippen LogP contribution >= 0.6 is 0 Å². The first kappa shape index (κ1) is 35.5. The molecule has 5 N–H and O–H groups in total. The number of carbonyl (C=O) groups is 3. The minimum atomic E-state index is -1.17. The van der Waals surface area contributed by atoms with Crippen molar-refractivity contribution < 1.29 is 39.2 Å². The van der Waals surface area contributed by atoms with E-state index in [9.17, 15) is 29.7 Å². The molecule has 5 rings (SSSR count). The maximum atomic E-state index is 13.0. The summed E-state index contributed by atoms with van der Waals surface area (Å²) in [7, 11) is 3.02. The van der Waals surface area contributed by atoms with Crippen molar-refractivity contribution in [3.8, 4) is 11.5 Å². The predicted molar refractivity (Wildman–Crippen MR) is 178 cm³/mol. The van der Waals surface area contributed by atoms with Gasteiger partial charge in [0.15, 0.2) is 0 Å². The smallest absolute Gasteiger partial charge is 0.326 e. The van der Waals surface area contributed by atoms with Gasteiger partial charge in [0.25, 0.3) is 0 Å².